The van der Waals surface area contributed by atoms with Crippen LogP contribution in [0.3, 0.4) is 0 Å². The van der Waals surface area contributed by atoms with Gasteiger partial charge in [-0.3, -0.25) is 0 Å². The van der Waals surface area contributed by atoms with Crippen LogP contribution in [0.25, 0.3) is 0 Å². The van der Waals surface area contributed by atoms with Crippen molar-refractivity contribution in [2.45, 2.75) is 19.8 Å². The summed E-state index contributed by atoms with van der Waals surface area (Å²) < 4.78 is 4.55. The summed E-state index contributed by atoms with van der Waals surface area (Å²) >= 11 is 17.0. The molecule has 0 bridgehead atoms. The van der Waals surface area contributed by atoms with Crippen LogP contribution in [-0.2, 0) is 9.53 Å². The quantitative estimate of drug-likeness (QED) is 0.336. The third kappa shape index (κ3) is 6.38. The van der Waals surface area contributed by atoms with Gasteiger partial charge in [0, 0.05) is 5.57 Å². The molecular formula is C7H11Cl3O2Si. The first-order valence-electron chi connectivity index (χ1n) is 3.77. The van der Waals surface area contributed by atoms with E-state index < -0.39 is 12.0 Å². The van der Waals surface area contributed by atoms with Gasteiger partial charge in [-0.25, -0.2) is 4.79 Å². The van der Waals surface area contributed by atoms with Gasteiger partial charge in [0.25, 0.3) is 0 Å². The van der Waals surface area contributed by atoms with E-state index in [2.05, 4.69) is 4.74 Å². The number of methoxy groups -OCH3 is 1. The Bertz CT molecular complexity index is 210. The highest BCUT2D eigenvalue weighted by Crippen LogP contribution is 2.24. The van der Waals surface area contributed by atoms with Gasteiger partial charge in [0.05, 0.1) is 7.11 Å². The molecule has 0 heterocycles. The largest absolute Gasteiger partial charge is 0.466 e. The number of carbonyl (C=O) groups excluding carboxylic acids is 1. The molecule has 0 N–H and O–H groups in total. The normalized spacial score (nSPS) is 12.8. The van der Waals surface area contributed by atoms with Gasteiger partial charge in [-0.2, -0.15) is 0 Å². The molecule has 6 heteroatoms. The smallest absolute Gasteiger partial charge is 0.366 e. The topological polar surface area (TPSA) is 26.3 Å². The summed E-state index contributed by atoms with van der Waals surface area (Å²) in [5, 5.41) is 0. The van der Waals surface area contributed by atoms with Crippen LogP contribution in [0.1, 0.15) is 19.8 Å². The Morgan fingerprint density at radius 3 is 2.31 bits per heavy atom. The van der Waals surface area contributed by atoms with Crippen LogP contribution in [0.15, 0.2) is 11.3 Å². The number of halogens is 3. The molecule has 0 fully saturated rings. The summed E-state index contributed by atoms with van der Waals surface area (Å²) in [7, 11) is 1.31. The van der Waals surface area contributed by atoms with E-state index >= 15 is 0 Å². The van der Waals surface area contributed by atoms with Crippen LogP contribution in [0, 0.1) is 0 Å². The predicted molar refractivity (Wildman–Crippen MR) is 58.3 cm³/mol. The number of hydrogen-bond acceptors (Lipinski definition) is 2. The van der Waals surface area contributed by atoms with Crippen molar-refractivity contribution >= 4 is 45.2 Å². The van der Waals surface area contributed by atoms with Gasteiger partial charge in [0.1, 0.15) is 0 Å². The molecule has 2 nitrogen and oxygen atoms in total. The molecule has 0 rings (SSSR count). The van der Waals surface area contributed by atoms with Crippen molar-refractivity contribution in [1.29, 1.82) is 0 Å². The zero-order chi connectivity index (χ0) is 10.5. The Hall–Kier alpha value is 0.297. The first-order valence-corrected chi connectivity index (χ1v) is 8.88. The van der Waals surface area contributed by atoms with E-state index in [0.717, 1.165) is 6.42 Å². The molecule has 0 spiro atoms. The average Bonchev–Trinajstić information content (AvgIpc) is 2.00. The lowest BCUT2D eigenvalue weighted by Crippen LogP contribution is -2.12. The molecule has 13 heavy (non-hydrogen) atoms. The molecule has 0 radical (unpaired) electrons. The number of ether oxygens (including phenoxy) is 1. The lowest BCUT2D eigenvalue weighted by Gasteiger charge is -2.06. The Morgan fingerprint density at radius 2 is 2.00 bits per heavy atom. The molecule has 0 aliphatic heterocycles. The zero-order valence-electron chi connectivity index (χ0n) is 7.44. The standard InChI is InChI=1S/C7H11Cl3O2Si/c1-3-4-6(7(11)12-2)5-13(8,9)10/h5H,3-4H2,1-2H3. The summed E-state index contributed by atoms with van der Waals surface area (Å²) in [5.74, 6) is -0.416. The zero-order valence-corrected chi connectivity index (χ0v) is 10.7. The minimum Gasteiger partial charge on any atom is -0.466 e. The van der Waals surface area contributed by atoms with Crippen LogP contribution in [0.4, 0.5) is 0 Å². The second kappa shape index (κ2) is 5.91. The SMILES string of the molecule is CCCC(=C[Si](Cl)(Cl)Cl)C(=O)OC. The number of carbonyl (C=O) groups is 1. The third-order valence-electron chi connectivity index (χ3n) is 1.30. The first kappa shape index (κ1) is 13.3. The summed E-state index contributed by atoms with van der Waals surface area (Å²) in [6.45, 7) is 1.94. The summed E-state index contributed by atoms with van der Waals surface area (Å²) in [6, 6.07) is -2.88. The summed E-state index contributed by atoms with van der Waals surface area (Å²) in [5.41, 5.74) is 1.88. The van der Waals surface area contributed by atoms with Crippen molar-refractivity contribution < 1.29 is 9.53 Å². The molecule has 0 saturated heterocycles. The first-order chi connectivity index (χ1) is 5.90. The lowest BCUT2D eigenvalue weighted by molar-refractivity contribution is -0.136. The summed E-state index contributed by atoms with van der Waals surface area (Å²) in [6.07, 6.45) is 1.39. The number of rotatable bonds is 4. The van der Waals surface area contributed by atoms with Crippen molar-refractivity contribution in [3.8, 4) is 0 Å². The van der Waals surface area contributed by atoms with Crippen LogP contribution in [0.2, 0.25) is 0 Å². The van der Waals surface area contributed by atoms with Crippen LogP contribution in [-0.4, -0.2) is 19.1 Å². The van der Waals surface area contributed by atoms with E-state index in [-0.39, 0.29) is 0 Å². The maximum atomic E-state index is 11.1. The van der Waals surface area contributed by atoms with Gasteiger partial charge < -0.3 is 4.74 Å². The Kier molecular flexibility index (Phi) is 6.04. The van der Waals surface area contributed by atoms with E-state index in [0.29, 0.717) is 12.0 Å². The van der Waals surface area contributed by atoms with Crippen molar-refractivity contribution in [3.05, 3.63) is 11.3 Å². The fraction of sp³-hybridized carbons (Fsp3) is 0.571. The van der Waals surface area contributed by atoms with Gasteiger partial charge in [0.15, 0.2) is 0 Å². The molecule has 0 atom stereocenters. The van der Waals surface area contributed by atoms with E-state index in [1.807, 2.05) is 6.92 Å². The van der Waals surface area contributed by atoms with Gasteiger partial charge in [-0.15, -0.1) is 33.2 Å². The van der Waals surface area contributed by atoms with Gasteiger partial charge in [0.2, 0.25) is 0 Å². The fourth-order valence-corrected chi connectivity index (χ4v) is 2.67. The predicted octanol–water partition coefficient (Wildman–Crippen LogP) is 3.08. The maximum Gasteiger partial charge on any atom is 0.366 e. The van der Waals surface area contributed by atoms with Gasteiger partial charge in [-0.05, 0) is 12.1 Å². The van der Waals surface area contributed by atoms with Crippen LogP contribution < -0.4 is 0 Å². The van der Waals surface area contributed by atoms with Crippen LogP contribution in [0.5, 0.6) is 0 Å². The van der Waals surface area contributed by atoms with E-state index in [1.165, 1.54) is 12.8 Å². The highest BCUT2D eigenvalue weighted by atomic mass is 35.8. The summed E-state index contributed by atoms with van der Waals surface area (Å²) in [4.78, 5) is 11.1. The Labute approximate surface area is 92.9 Å². The molecule has 0 aliphatic rings. The Balaban J connectivity index is 4.60. The molecule has 0 saturated carbocycles. The number of hydrogen-bond donors (Lipinski definition) is 0. The lowest BCUT2D eigenvalue weighted by atomic mass is 10.2. The second-order valence-corrected chi connectivity index (χ2v) is 10.9. The van der Waals surface area contributed by atoms with Crippen molar-refractivity contribution in [2.24, 2.45) is 0 Å². The molecule has 0 aromatic carbocycles. The van der Waals surface area contributed by atoms with Crippen LogP contribution >= 0.6 is 33.2 Å². The van der Waals surface area contributed by atoms with Crippen molar-refractivity contribution in [2.75, 3.05) is 7.11 Å². The van der Waals surface area contributed by atoms with E-state index in [9.17, 15) is 4.79 Å². The fourth-order valence-electron chi connectivity index (χ4n) is 0.831. The molecule has 76 valence electrons. The van der Waals surface area contributed by atoms with Crippen molar-refractivity contribution in [1.82, 2.24) is 0 Å². The maximum absolute atomic E-state index is 11.1. The van der Waals surface area contributed by atoms with Gasteiger partial charge in [-0.1, -0.05) is 13.3 Å². The van der Waals surface area contributed by atoms with E-state index in [4.69, 9.17) is 33.2 Å². The minimum absolute atomic E-state index is 0.416. The Morgan fingerprint density at radius 1 is 1.46 bits per heavy atom. The number of esters is 1. The van der Waals surface area contributed by atoms with Gasteiger partial charge >= 0.3 is 12.0 Å². The third-order valence-corrected chi connectivity index (χ3v) is 2.96. The highest BCUT2D eigenvalue weighted by molar-refractivity contribution is 7.66. The van der Waals surface area contributed by atoms with E-state index in [1.54, 1.807) is 0 Å². The molecule has 0 unspecified atom stereocenters. The average molecular weight is 262 g/mol. The molecule has 0 aromatic heterocycles. The highest BCUT2D eigenvalue weighted by Gasteiger charge is 2.24. The molecule has 0 amide bonds. The molecule has 0 aromatic rings. The minimum atomic E-state index is -2.88. The second-order valence-electron chi connectivity index (χ2n) is 2.45. The van der Waals surface area contributed by atoms with Crippen molar-refractivity contribution in [3.63, 3.8) is 0 Å². The molecular weight excluding hydrogens is 251 g/mol. The monoisotopic (exact) mass is 260 g/mol. The molecule has 0 aliphatic carbocycles.